The molecule has 0 radical (unpaired) electrons. The summed E-state index contributed by atoms with van der Waals surface area (Å²) in [7, 11) is 0. The lowest BCUT2D eigenvalue weighted by molar-refractivity contribution is 0.0791. The first-order chi connectivity index (χ1) is 7.58. The van der Waals surface area contributed by atoms with Gasteiger partial charge in [-0.3, -0.25) is 4.79 Å². The number of thiophene rings is 1. The Bertz CT molecular complexity index is 391. The second-order valence-corrected chi connectivity index (χ2v) is 5.98. The Kier molecular flexibility index (Phi) is 3.52. The molecule has 1 saturated heterocycles. The van der Waals surface area contributed by atoms with E-state index in [4.69, 9.17) is 17.3 Å². The highest BCUT2D eigenvalue weighted by molar-refractivity contribution is 7.17. The van der Waals surface area contributed by atoms with Gasteiger partial charge in [0.1, 0.15) is 0 Å². The van der Waals surface area contributed by atoms with Gasteiger partial charge in [0.15, 0.2) is 0 Å². The summed E-state index contributed by atoms with van der Waals surface area (Å²) in [5.74, 6) is 0.513. The van der Waals surface area contributed by atoms with Crippen LogP contribution in [0.2, 0.25) is 4.34 Å². The highest BCUT2D eigenvalue weighted by Gasteiger charge is 2.29. The van der Waals surface area contributed by atoms with Crippen molar-refractivity contribution in [3.05, 3.63) is 21.3 Å². The number of nitrogens with zero attached hydrogens (tertiary/aromatic N) is 1. The predicted molar refractivity (Wildman–Crippen MR) is 67.0 cm³/mol. The molecule has 5 heteroatoms. The van der Waals surface area contributed by atoms with Gasteiger partial charge in [-0.1, -0.05) is 11.6 Å². The molecule has 3 nitrogen and oxygen atoms in total. The van der Waals surface area contributed by atoms with Crippen LogP contribution in [0.5, 0.6) is 0 Å². The van der Waals surface area contributed by atoms with Crippen LogP contribution in [-0.2, 0) is 0 Å². The van der Waals surface area contributed by atoms with Gasteiger partial charge in [0.2, 0.25) is 0 Å². The minimum absolute atomic E-state index is 0.0834. The molecule has 1 aromatic rings. The average molecular weight is 259 g/mol. The third kappa shape index (κ3) is 2.39. The van der Waals surface area contributed by atoms with Crippen LogP contribution in [0.4, 0.5) is 0 Å². The molecule has 2 heterocycles. The van der Waals surface area contributed by atoms with Crippen molar-refractivity contribution in [2.24, 2.45) is 11.7 Å². The van der Waals surface area contributed by atoms with Crippen LogP contribution in [0.15, 0.2) is 12.1 Å². The van der Waals surface area contributed by atoms with Gasteiger partial charge in [0.05, 0.1) is 9.21 Å². The molecule has 2 rings (SSSR count). The molecule has 0 aliphatic carbocycles. The maximum absolute atomic E-state index is 12.1. The van der Waals surface area contributed by atoms with E-state index in [9.17, 15) is 4.79 Å². The highest BCUT2D eigenvalue weighted by atomic mass is 35.5. The smallest absolute Gasteiger partial charge is 0.263 e. The Morgan fingerprint density at radius 1 is 1.69 bits per heavy atom. The molecule has 1 aromatic heterocycles. The van der Waals surface area contributed by atoms with Gasteiger partial charge in [0, 0.05) is 19.1 Å². The van der Waals surface area contributed by atoms with Crippen LogP contribution < -0.4 is 5.73 Å². The second-order valence-electron chi connectivity index (χ2n) is 4.26. The fourth-order valence-electron chi connectivity index (χ4n) is 1.99. The largest absolute Gasteiger partial charge is 0.338 e. The summed E-state index contributed by atoms with van der Waals surface area (Å²) in [4.78, 5) is 14.7. The van der Waals surface area contributed by atoms with Crippen LogP contribution in [-0.4, -0.2) is 29.9 Å². The van der Waals surface area contributed by atoms with Crippen molar-refractivity contribution in [2.75, 3.05) is 13.1 Å². The summed E-state index contributed by atoms with van der Waals surface area (Å²) < 4.78 is 0.659. The number of likely N-dealkylation sites (tertiary alicyclic amines) is 1. The fourth-order valence-corrected chi connectivity index (χ4v) is 3.00. The van der Waals surface area contributed by atoms with E-state index < -0.39 is 0 Å². The van der Waals surface area contributed by atoms with E-state index in [0.717, 1.165) is 24.4 Å². The first-order valence-electron chi connectivity index (χ1n) is 5.38. The predicted octanol–water partition coefficient (Wildman–Crippen LogP) is 2.21. The van der Waals surface area contributed by atoms with Crippen LogP contribution in [0.25, 0.3) is 0 Å². The number of halogens is 1. The molecule has 1 aliphatic rings. The number of carbonyl (C=O) groups excluding carboxylic acids is 1. The third-order valence-electron chi connectivity index (χ3n) is 3.04. The van der Waals surface area contributed by atoms with E-state index in [0.29, 0.717) is 10.3 Å². The molecule has 1 amide bonds. The van der Waals surface area contributed by atoms with E-state index in [2.05, 4.69) is 0 Å². The monoisotopic (exact) mass is 258 g/mol. The van der Waals surface area contributed by atoms with Crippen LogP contribution in [0.3, 0.4) is 0 Å². The van der Waals surface area contributed by atoms with Crippen molar-refractivity contribution in [3.63, 3.8) is 0 Å². The van der Waals surface area contributed by atoms with Crippen molar-refractivity contribution in [1.29, 1.82) is 0 Å². The molecular weight excluding hydrogens is 244 g/mol. The van der Waals surface area contributed by atoms with Gasteiger partial charge in [-0.15, -0.1) is 11.3 Å². The first-order valence-corrected chi connectivity index (χ1v) is 6.57. The van der Waals surface area contributed by atoms with Crippen molar-refractivity contribution < 1.29 is 4.79 Å². The van der Waals surface area contributed by atoms with Gasteiger partial charge in [-0.05, 0) is 31.4 Å². The van der Waals surface area contributed by atoms with Gasteiger partial charge < -0.3 is 10.6 Å². The van der Waals surface area contributed by atoms with Gasteiger partial charge in [-0.25, -0.2) is 0 Å². The van der Waals surface area contributed by atoms with Gasteiger partial charge >= 0.3 is 0 Å². The Balaban J connectivity index is 2.02. The molecule has 2 atom stereocenters. The molecule has 1 fully saturated rings. The Labute approximate surface area is 104 Å². The molecule has 2 unspecified atom stereocenters. The molecule has 0 aromatic carbocycles. The third-order valence-corrected chi connectivity index (χ3v) is 4.26. The van der Waals surface area contributed by atoms with Gasteiger partial charge in [0.25, 0.3) is 5.91 Å². The van der Waals surface area contributed by atoms with E-state index in [1.165, 1.54) is 11.3 Å². The quantitative estimate of drug-likeness (QED) is 0.884. The summed E-state index contributed by atoms with van der Waals surface area (Å²) in [6.45, 7) is 3.58. The maximum atomic E-state index is 12.1. The molecule has 0 saturated carbocycles. The van der Waals surface area contributed by atoms with E-state index in [1.54, 1.807) is 12.1 Å². The number of rotatable bonds is 2. The van der Waals surface area contributed by atoms with E-state index in [1.807, 2.05) is 11.8 Å². The fraction of sp³-hybridized carbons (Fsp3) is 0.545. The summed E-state index contributed by atoms with van der Waals surface area (Å²) in [5, 5.41) is 0. The normalized spacial score (nSPS) is 22.4. The number of hydrogen-bond acceptors (Lipinski definition) is 3. The topological polar surface area (TPSA) is 46.3 Å². The van der Waals surface area contributed by atoms with Crippen molar-refractivity contribution in [3.8, 4) is 0 Å². The molecule has 88 valence electrons. The molecule has 0 bridgehead atoms. The molecule has 16 heavy (non-hydrogen) atoms. The lowest BCUT2D eigenvalue weighted by Gasteiger charge is -2.17. The van der Waals surface area contributed by atoms with Crippen LogP contribution >= 0.6 is 22.9 Å². The number of hydrogen-bond donors (Lipinski definition) is 1. The molecule has 1 aliphatic heterocycles. The Hall–Kier alpha value is -0.580. The minimum atomic E-state index is 0.0834. The maximum Gasteiger partial charge on any atom is 0.263 e. The molecule has 2 N–H and O–H groups in total. The van der Waals surface area contributed by atoms with Crippen molar-refractivity contribution in [2.45, 2.75) is 19.4 Å². The molecule has 0 spiro atoms. The summed E-state index contributed by atoms with van der Waals surface area (Å²) in [5.41, 5.74) is 5.85. The van der Waals surface area contributed by atoms with Crippen LogP contribution in [0, 0.1) is 5.92 Å². The lowest BCUT2D eigenvalue weighted by Crippen LogP contribution is -2.32. The summed E-state index contributed by atoms with van der Waals surface area (Å²) in [6, 6.07) is 3.71. The minimum Gasteiger partial charge on any atom is -0.338 e. The SMILES string of the molecule is CC(N)C1CCN(C(=O)c2ccc(Cl)s2)C1. The van der Waals surface area contributed by atoms with Crippen molar-refractivity contribution >= 4 is 28.8 Å². The van der Waals surface area contributed by atoms with Crippen molar-refractivity contribution in [1.82, 2.24) is 4.90 Å². The Morgan fingerprint density at radius 2 is 2.44 bits per heavy atom. The Morgan fingerprint density at radius 3 is 2.94 bits per heavy atom. The zero-order valence-corrected chi connectivity index (χ0v) is 10.7. The van der Waals surface area contributed by atoms with E-state index in [-0.39, 0.29) is 11.9 Å². The number of amides is 1. The van der Waals surface area contributed by atoms with Gasteiger partial charge in [-0.2, -0.15) is 0 Å². The number of carbonyl (C=O) groups is 1. The zero-order valence-electron chi connectivity index (χ0n) is 9.15. The summed E-state index contributed by atoms with van der Waals surface area (Å²) in [6.07, 6.45) is 1.00. The zero-order chi connectivity index (χ0) is 11.7. The molecular formula is C11H15ClN2OS. The average Bonchev–Trinajstić information content (AvgIpc) is 2.84. The standard InChI is InChI=1S/C11H15ClN2OS/c1-7(13)8-4-5-14(6-8)11(15)9-2-3-10(12)16-9/h2-3,7-8H,4-6,13H2,1H3. The van der Waals surface area contributed by atoms with E-state index >= 15 is 0 Å². The number of nitrogens with two attached hydrogens (primary N) is 1. The highest BCUT2D eigenvalue weighted by Crippen LogP contribution is 2.26. The van der Waals surface area contributed by atoms with Crippen LogP contribution in [0.1, 0.15) is 23.0 Å². The second kappa shape index (κ2) is 4.73. The summed E-state index contributed by atoms with van der Waals surface area (Å²) >= 11 is 7.15. The first kappa shape index (κ1) is 11.9. The lowest BCUT2D eigenvalue weighted by atomic mass is 10.0.